The van der Waals surface area contributed by atoms with Gasteiger partial charge in [-0.05, 0) is 67.9 Å². The number of rotatable bonds is 6. The molecule has 38 heavy (non-hydrogen) atoms. The molecule has 2 saturated heterocycles. The molecule has 4 heterocycles. The molecule has 1 aromatic carbocycles. The first kappa shape index (κ1) is 25.7. The molecule has 2 aliphatic heterocycles. The maximum Gasteiger partial charge on any atom is 0.253 e. The van der Waals surface area contributed by atoms with Crippen molar-refractivity contribution in [1.29, 1.82) is 0 Å². The summed E-state index contributed by atoms with van der Waals surface area (Å²) in [5.74, 6) is 1.60. The maximum absolute atomic E-state index is 13.2. The molecule has 0 unspecified atom stereocenters. The van der Waals surface area contributed by atoms with Crippen LogP contribution in [0.4, 0.5) is 5.82 Å². The van der Waals surface area contributed by atoms with E-state index in [4.69, 9.17) is 4.74 Å². The van der Waals surface area contributed by atoms with E-state index < -0.39 is 10.0 Å². The van der Waals surface area contributed by atoms with Crippen molar-refractivity contribution >= 4 is 43.3 Å². The van der Waals surface area contributed by atoms with Crippen LogP contribution in [-0.2, 0) is 27.6 Å². The van der Waals surface area contributed by atoms with Crippen molar-refractivity contribution in [3.63, 3.8) is 0 Å². The summed E-state index contributed by atoms with van der Waals surface area (Å²) in [4.78, 5) is 29.2. The molecule has 6 rings (SSSR count). The molecule has 0 saturated carbocycles. The van der Waals surface area contributed by atoms with Gasteiger partial charge in [-0.3, -0.25) is 4.79 Å². The lowest BCUT2D eigenvalue weighted by molar-refractivity contribution is 0.0746. The minimum atomic E-state index is -3.65. The second-order valence-corrected chi connectivity index (χ2v) is 13.4. The topological polar surface area (TPSA) is 105 Å². The summed E-state index contributed by atoms with van der Waals surface area (Å²) < 4.78 is 33.4. The Balaban J connectivity index is 1.10. The van der Waals surface area contributed by atoms with E-state index in [-0.39, 0.29) is 23.5 Å². The average molecular weight is 556 g/mol. The number of piperazine rings is 1. The number of ether oxygens (including phenoxy) is 1. The molecule has 2 fully saturated rings. The standard InChI is InChI=1S/C27H33N5O4S2/c1-18-4-9-22-23(15-18)37-26-24(22)25(28-17-29-26)31-10-12-32(13-11-31)27(33)19-5-7-21(8-6-19)38(34,35)30-16-20-3-2-14-36-20/h5-8,17-18,20,30H,2-4,9-16H2,1H3/t18-,20+/m1/s1. The van der Waals surface area contributed by atoms with Crippen molar-refractivity contribution < 1.29 is 17.9 Å². The van der Waals surface area contributed by atoms with Crippen molar-refractivity contribution in [1.82, 2.24) is 19.6 Å². The summed E-state index contributed by atoms with van der Waals surface area (Å²) >= 11 is 1.80. The molecule has 3 aromatic rings. The summed E-state index contributed by atoms with van der Waals surface area (Å²) in [5.41, 5.74) is 1.90. The van der Waals surface area contributed by atoms with Gasteiger partial charge in [0.1, 0.15) is 17.0 Å². The first-order chi connectivity index (χ1) is 18.4. The first-order valence-corrected chi connectivity index (χ1v) is 15.7. The van der Waals surface area contributed by atoms with Gasteiger partial charge in [0.2, 0.25) is 10.0 Å². The molecule has 3 aliphatic rings. The predicted octanol–water partition coefficient (Wildman–Crippen LogP) is 3.24. The lowest BCUT2D eigenvalue weighted by Crippen LogP contribution is -2.49. The lowest BCUT2D eigenvalue weighted by atomic mass is 9.89. The van der Waals surface area contributed by atoms with Gasteiger partial charge < -0.3 is 14.5 Å². The van der Waals surface area contributed by atoms with E-state index >= 15 is 0 Å². The van der Waals surface area contributed by atoms with Gasteiger partial charge in [-0.25, -0.2) is 23.1 Å². The molecule has 202 valence electrons. The van der Waals surface area contributed by atoms with Crippen LogP contribution >= 0.6 is 11.3 Å². The van der Waals surface area contributed by atoms with E-state index in [1.54, 1.807) is 29.8 Å². The number of fused-ring (bicyclic) bond motifs is 3. The molecule has 0 spiro atoms. The number of aryl methyl sites for hydroxylation is 1. The molecule has 1 aliphatic carbocycles. The predicted molar refractivity (Wildman–Crippen MR) is 147 cm³/mol. The molecule has 1 amide bonds. The van der Waals surface area contributed by atoms with Gasteiger partial charge in [-0.15, -0.1) is 11.3 Å². The van der Waals surface area contributed by atoms with Crippen molar-refractivity contribution in [3.8, 4) is 0 Å². The number of benzene rings is 1. The van der Waals surface area contributed by atoms with Gasteiger partial charge in [0.05, 0.1) is 16.4 Å². The Hall–Kier alpha value is -2.60. The summed E-state index contributed by atoms with van der Waals surface area (Å²) in [6.45, 7) is 5.80. The van der Waals surface area contributed by atoms with Crippen LogP contribution in [0.1, 0.15) is 47.0 Å². The van der Waals surface area contributed by atoms with Crippen molar-refractivity contribution in [2.24, 2.45) is 5.92 Å². The van der Waals surface area contributed by atoms with E-state index in [9.17, 15) is 13.2 Å². The number of thiophene rings is 1. The normalized spacial score (nSPS) is 22.1. The highest BCUT2D eigenvalue weighted by atomic mass is 32.2. The van der Waals surface area contributed by atoms with Crippen LogP contribution in [0, 0.1) is 5.92 Å². The largest absolute Gasteiger partial charge is 0.377 e. The van der Waals surface area contributed by atoms with E-state index in [1.807, 2.05) is 4.90 Å². The highest BCUT2D eigenvalue weighted by Gasteiger charge is 2.28. The Morgan fingerprint density at radius 2 is 1.92 bits per heavy atom. The van der Waals surface area contributed by atoms with E-state index in [0.29, 0.717) is 44.3 Å². The summed E-state index contributed by atoms with van der Waals surface area (Å²) in [5, 5.41) is 1.20. The van der Waals surface area contributed by atoms with Crippen LogP contribution in [0.15, 0.2) is 35.5 Å². The molecular weight excluding hydrogens is 522 g/mol. The van der Waals surface area contributed by atoms with Gasteiger partial charge in [0.25, 0.3) is 5.91 Å². The number of amides is 1. The van der Waals surface area contributed by atoms with Crippen molar-refractivity contribution in [3.05, 3.63) is 46.6 Å². The summed E-state index contributed by atoms with van der Waals surface area (Å²) in [7, 11) is -3.65. The molecule has 0 bridgehead atoms. The summed E-state index contributed by atoms with van der Waals surface area (Å²) in [6, 6.07) is 6.20. The van der Waals surface area contributed by atoms with Gasteiger partial charge in [-0.2, -0.15) is 0 Å². The second kappa shape index (κ2) is 10.5. The Morgan fingerprint density at radius 3 is 2.66 bits per heavy atom. The fourth-order valence-corrected chi connectivity index (χ4v) is 8.08. The van der Waals surface area contributed by atoms with Crippen molar-refractivity contribution in [2.75, 3.05) is 44.2 Å². The van der Waals surface area contributed by atoms with Crippen LogP contribution in [0.3, 0.4) is 0 Å². The maximum atomic E-state index is 13.2. The molecular formula is C27H33N5O4S2. The van der Waals surface area contributed by atoms with Crippen molar-refractivity contribution in [2.45, 2.75) is 50.0 Å². The Bertz CT molecular complexity index is 1430. The molecule has 2 aromatic heterocycles. The van der Waals surface area contributed by atoms with Crippen LogP contribution in [0.5, 0.6) is 0 Å². The number of anilines is 1. The molecule has 0 radical (unpaired) electrons. The van der Waals surface area contributed by atoms with Gasteiger partial charge in [-0.1, -0.05) is 6.92 Å². The average Bonchev–Trinajstić information content (AvgIpc) is 3.59. The Labute approximate surface area is 227 Å². The van der Waals surface area contributed by atoms with E-state index in [2.05, 4.69) is 26.5 Å². The number of sulfonamides is 1. The van der Waals surface area contributed by atoms with Crippen LogP contribution in [-0.4, -0.2) is 74.6 Å². The highest BCUT2D eigenvalue weighted by Crippen LogP contribution is 2.40. The lowest BCUT2D eigenvalue weighted by Gasteiger charge is -2.36. The number of carbonyl (C=O) groups excluding carboxylic acids is 1. The smallest absolute Gasteiger partial charge is 0.253 e. The highest BCUT2D eigenvalue weighted by molar-refractivity contribution is 7.89. The zero-order chi connectivity index (χ0) is 26.3. The third-order valence-electron chi connectivity index (χ3n) is 7.87. The molecule has 2 atom stereocenters. The zero-order valence-electron chi connectivity index (χ0n) is 21.6. The Morgan fingerprint density at radius 1 is 1.13 bits per heavy atom. The monoisotopic (exact) mass is 555 g/mol. The van der Waals surface area contributed by atoms with E-state index in [1.165, 1.54) is 34.4 Å². The third-order valence-corrected chi connectivity index (χ3v) is 10.5. The van der Waals surface area contributed by atoms with Crippen LogP contribution < -0.4 is 9.62 Å². The molecule has 11 heteroatoms. The third kappa shape index (κ3) is 5.04. The summed E-state index contributed by atoms with van der Waals surface area (Å²) in [6.07, 6.45) is 6.79. The van der Waals surface area contributed by atoms with Crippen LogP contribution in [0.25, 0.3) is 10.2 Å². The minimum Gasteiger partial charge on any atom is -0.377 e. The first-order valence-electron chi connectivity index (χ1n) is 13.4. The minimum absolute atomic E-state index is 0.0726. The fourth-order valence-electron chi connectivity index (χ4n) is 5.67. The molecule has 9 nitrogen and oxygen atoms in total. The van der Waals surface area contributed by atoms with Crippen LogP contribution in [0.2, 0.25) is 0 Å². The van der Waals surface area contributed by atoms with Gasteiger partial charge >= 0.3 is 0 Å². The zero-order valence-corrected chi connectivity index (χ0v) is 23.2. The number of aromatic nitrogens is 2. The second-order valence-electron chi connectivity index (χ2n) is 10.5. The quantitative estimate of drug-likeness (QED) is 0.498. The number of nitrogens with one attached hydrogen (secondary N) is 1. The number of carbonyl (C=O) groups is 1. The number of hydrogen-bond donors (Lipinski definition) is 1. The molecule has 1 N–H and O–H groups in total. The number of nitrogens with zero attached hydrogens (tertiary/aromatic N) is 4. The number of hydrogen-bond acceptors (Lipinski definition) is 8. The Kier molecular flexibility index (Phi) is 7.10. The SMILES string of the molecule is C[C@@H]1CCc2c(sc3ncnc(N4CCN(C(=O)c5ccc(S(=O)(=O)NC[C@@H]6CCCO6)cc5)CC4)c23)C1. The van der Waals surface area contributed by atoms with Gasteiger partial charge in [0, 0.05) is 49.8 Å². The van der Waals surface area contributed by atoms with E-state index in [0.717, 1.165) is 36.3 Å². The fraction of sp³-hybridized carbons (Fsp3) is 0.519. The van der Waals surface area contributed by atoms with Gasteiger partial charge in [0.15, 0.2) is 0 Å².